The second kappa shape index (κ2) is 8.66. The molecule has 1 aromatic carbocycles. The largest absolute Gasteiger partial charge is 0.496 e. The summed E-state index contributed by atoms with van der Waals surface area (Å²) < 4.78 is 35.5. The van der Waals surface area contributed by atoms with Crippen molar-refractivity contribution in [3.63, 3.8) is 0 Å². The van der Waals surface area contributed by atoms with Crippen LogP contribution in [0.3, 0.4) is 0 Å². The topological polar surface area (TPSA) is 119 Å². The molecule has 0 aliphatic carbocycles. The van der Waals surface area contributed by atoms with Crippen LogP contribution in [0.2, 0.25) is 0 Å². The summed E-state index contributed by atoms with van der Waals surface area (Å²) in [7, 11) is -0.810. The highest BCUT2D eigenvalue weighted by Gasteiger charge is 2.25. The molecule has 0 aliphatic heterocycles. The Morgan fingerprint density at radius 2 is 1.71 bits per heavy atom. The van der Waals surface area contributed by atoms with E-state index in [0.29, 0.717) is 12.0 Å². The van der Waals surface area contributed by atoms with E-state index in [0.717, 1.165) is 19.3 Å². The van der Waals surface area contributed by atoms with E-state index < -0.39 is 15.7 Å². The van der Waals surface area contributed by atoms with Crippen LogP contribution in [0.5, 0.6) is 11.5 Å². The zero-order valence-electron chi connectivity index (χ0n) is 14.4. The van der Waals surface area contributed by atoms with E-state index in [1.807, 2.05) is 0 Å². The first kappa shape index (κ1) is 20.7. The summed E-state index contributed by atoms with van der Waals surface area (Å²) >= 11 is 0. The summed E-state index contributed by atoms with van der Waals surface area (Å²) in [5, 5.41) is 18.7. The molecule has 0 heterocycles. The highest BCUT2D eigenvalue weighted by Crippen LogP contribution is 2.34. The molecule has 7 nitrogen and oxygen atoms in total. The average Bonchev–Trinajstić information content (AvgIpc) is 2.49. The van der Waals surface area contributed by atoms with E-state index in [4.69, 9.17) is 15.2 Å². The van der Waals surface area contributed by atoms with Gasteiger partial charge in [-0.2, -0.15) is 0 Å². The van der Waals surface area contributed by atoms with Crippen LogP contribution in [0.4, 0.5) is 0 Å². The average molecular weight is 361 g/mol. The van der Waals surface area contributed by atoms with Gasteiger partial charge in [0.1, 0.15) is 16.4 Å². The van der Waals surface area contributed by atoms with Gasteiger partial charge in [0.2, 0.25) is 5.91 Å². The highest BCUT2D eigenvalue weighted by atomic mass is 32.2. The van der Waals surface area contributed by atoms with E-state index in [-0.39, 0.29) is 28.6 Å². The third kappa shape index (κ3) is 5.94. The molecular weight excluding hydrogens is 334 g/mol. The molecule has 1 rings (SSSR count). The Morgan fingerprint density at radius 3 is 2.21 bits per heavy atom. The SMILES string of the molecule is CCCCCCS(=O)(=O)c1cc(OC)c(CC(N)(O)O)cc1OC. The van der Waals surface area contributed by atoms with Gasteiger partial charge in [0, 0.05) is 18.1 Å². The Kier molecular flexibility index (Phi) is 7.47. The number of hydrogen-bond acceptors (Lipinski definition) is 7. The molecule has 1 aromatic rings. The molecule has 0 saturated carbocycles. The Balaban J connectivity index is 3.19. The van der Waals surface area contributed by atoms with Crippen molar-refractivity contribution in [1.82, 2.24) is 0 Å². The van der Waals surface area contributed by atoms with Gasteiger partial charge in [-0.3, -0.25) is 5.73 Å². The Hall–Kier alpha value is -1.35. The first-order valence-electron chi connectivity index (χ1n) is 7.86. The molecule has 24 heavy (non-hydrogen) atoms. The number of sulfone groups is 1. The third-order valence-corrected chi connectivity index (χ3v) is 5.43. The van der Waals surface area contributed by atoms with E-state index in [2.05, 4.69) is 6.92 Å². The van der Waals surface area contributed by atoms with Crippen LogP contribution in [0.15, 0.2) is 17.0 Å². The molecule has 0 radical (unpaired) electrons. The molecule has 8 heteroatoms. The van der Waals surface area contributed by atoms with Crippen LogP contribution < -0.4 is 15.2 Å². The lowest BCUT2D eigenvalue weighted by molar-refractivity contribution is -0.153. The Labute approximate surface area is 143 Å². The number of aliphatic hydroxyl groups is 2. The summed E-state index contributed by atoms with van der Waals surface area (Å²) in [5.41, 5.74) is 5.54. The first-order chi connectivity index (χ1) is 11.1. The van der Waals surface area contributed by atoms with Gasteiger partial charge in [0.25, 0.3) is 0 Å². The van der Waals surface area contributed by atoms with Crippen molar-refractivity contribution in [3.05, 3.63) is 17.7 Å². The Bertz CT molecular complexity index is 637. The molecule has 0 aromatic heterocycles. The zero-order chi connectivity index (χ0) is 18.4. The lowest BCUT2D eigenvalue weighted by atomic mass is 10.1. The van der Waals surface area contributed by atoms with Crippen molar-refractivity contribution in [2.75, 3.05) is 20.0 Å². The number of rotatable bonds is 10. The molecule has 0 fully saturated rings. The van der Waals surface area contributed by atoms with E-state index >= 15 is 0 Å². The molecule has 0 amide bonds. The van der Waals surface area contributed by atoms with Gasteiger partial charge < -0.3 is 19.7 Å². The lowest BCUT2D eigenvalue weighted by Gasteiger charge is -2.19. The highest BCUT2D eigenvalue weighted by molar-refractivity contribution is 7.91. The van der Waals surface area contributed by atoms with Crippen LogP contribution in [-0.4, -0.2) is 44.5 Å². The van der Waals surface area contributed by atoms with Gasteiger partial charge in [-0.1, -0.05) is 26.2 Å². The second-order valence-electron chi connectivity index (χ2n) is 5.75. The predicted octanol–water partition coefficient (Wildman–Crippen LogP) is 1.20. The summed E-state index contributed by atoms with van der Waals surface area (Å²) in [5.74, 6) is -2.07. The summed E-state index contributed by atoms with van der Waals surface area (Å²) in [6.45, 7) is 2.06. The van der Waals surface area contributed by atoms with Crippen molar-refractivity contribution < 1.29 is 28.1 Å². The quantitative estimate of drug-likeness (QED) is 0.423. The molecule has 0 spiro atoms. The standard InChI is InChI=1S/C16H27NO6S/c1-4-5-6-7-8-24(20,21)15-10-13(22-2)12(9-14(15)23-3)11-16(17,18)19/h9-10,18-19H,4-8,11,17H2,1-3H3. The zero-order valence-corrected chi connectivity index (χ0v) is 15.2. The number of ether oxygens (including phenoxy) is 2. The minimum absolute atomic E-state index is 0.0205. The molecule has 0 saturated heterocycles. The monoisotopic (exact) mass is 361 g/mol. The minimum Gasteiger partial charge on any atom is -0.496 e. The normalized spacial score (nSPS) is 12.2. The van der Waals surface area contributed by atoms with E-state index in [1.54, 1.807) is 0 Å². The van der Waals surface area contributed by atoms with Gasteiger partial charge in [0.15, 0.2) is 9.84 Å². The molecule has 0 atom stereocenters. The first-order valence-corrected chi connectivity index (χ1v) is 9.51. The molecule has 4 N–H and O–H groups in total. The molecule has 0 bridgehead atoms. The van der Waals surface area contributed by atoms with Gasteiger partial charge in [-0.15, -0.1) is 0 Å². The fraction of sp³-hybridized carbons (Fsp3) is 0.625. The van der Waals surface area contributed by atoms with Crippen LogP contribution in [0.1, 0.15) is 38.2 Å². The molecular formula is C16H27NO6S. The van der Waals surface area contributed by atoms with Crippen LogP contribution in [0, 0.1) is 0 Å². The number of methoxy groups -OCH3 is 2. The van der Waals surface area contributed by atoms with Gasteiger partial charge >= 0.3 is 0 Å². The minimum atomic E-state index is -3.54. The van der Waals surface area contributed by atoms with Crippen molar-refractivity contribution in [1.29, 1.82) is 0 Å². The van der Waals surface area contributed by atoms with Crippen molar-refractivity contribution in [2.45, 2.75) is 49.8 Å². The second-order valence-corrected chi connectivity index (χ2v) is 7.83. The summed E-state index contributed by atoms with van der Waals surface area (Å²) in [6.07, 6.45) is 3.10. The van der Waals surface area contributed by atoms with Crippen molar-refractivity contribution in [3.8, 4) is 11.5 Å². The molecule has 0 unspecified atom stereocenters. The van der Waals surface area contributed by atoms with Crippen LogP contribution in [0.25, 0.3) is 0 Å². The van der Waals surface area contributed by atoms with Gasteiger partial charge in [0.05, 0.1) is 20.0 Å². The van der Waals surface area contributed by atoms with E-state index in [1.165, 1.54) is 26.4 Å². The fourth-order valence-electron chi connectivity index (χ4n) is 2.42. The third-order valence-electron chi connectivity index (χ3n) is 3.62. The summed E-state index contributed by atoms with van der Waals surface area (Å²) in [6, 6.07) is 2.75. The maximum Gasteiger partial charge on any atom is 0.224 e. The van der Waals surface area contributed by atoms with Crippen LogP contribution >= 0.6 is 0 Å². The number of hydrogen-bond donors (Lipinski definition) is 3. The maximum atomic E-state index is 12.6. The van der Waals surface area contributed by atoms with Crippen LogP contribution in [-0.2, 0) is 16.3 Å². The predicted molar refractivity (Wildman–Crippen MR) is 90.8 cm³/mol. The van der Waals surface area contributed by atoms with E-state index in [9.17, 15) is 18.6 Å². The lowest BCUT2D eigenvalue weighted by Crippen LogP contribution is -2.41. The fourth-order valence-corrected chi connectivity index (χ4v) is 3.96. The smallest absolute Gasteiger partial charge is 0.224 e. The van der Waals surface area contributed by atoms with Crippen molar-refractivity contribution in [2.24, 2.45) is 5.73 Å². The summed E-state index contributed by atoms with van der Waals surface area (Å²) in [4.78, 5) is 0.0283. The van der Waals surface area contributed by atoms with Gasteiger partial charge in [-0.25, -0.2) is 8.42 Å². The molecule has 0 aliphatic rings. The number of unbranched alkanes of at least 4 members (excludes halogenated alkanes) is 3. The van der Waals surface area contributed by atoms with Crippen molar-refractivity contribution >= 4 is 9.84 Å². The maximum absolute atomic E-state index is 12.6. The Morgan fingerprint density at radius 1 is 1.08 bits per heavy atom. The molecule has 138 valence electrons. The van der Waals surface area contributed by atoms with Gasteiger partial charge in [-0.05, 0) is 12.5 Å². The number of nitrogens with two attached hydrogens (primary N) is 1. The number of benzene rings is 1.